The first-order chi connectivity index (χ1) is 5.50. The molecule has 0 radical (unpaired) electrons. The van der Waals surface area contributed by atoms with Gasteiger partial charge in [0, 0.05) is 6.61 Å². The van der Waals surface area contributed by atoms with Gasteiger partial charge in [-0.2, -0.15) is 0 Å². The second-order valence-electron chi connectivity index (χ2n) is 2.00. The summed E-state index contributed by atoms with van der Waals surface area (Å²) >= 11 is 0. The smallest absolute Gasteiger partial charge is 0.337 e. The lowest BCUT2D eigenvalue weighted by Crippen LogP contribution is -2.29. The number of hydrogen-bond acceptors (Lipinski definition) is 3. The van der Waals surface area contributed by atoms with E-state index < -0.39 is 23.6 Å². The van der Waals surface area contributed by atoms with Crippen molar-refractivity contribution in [1.82, 2.24) is 0 Å². The van der Waals surface area contributed by atoms with Gasteiger partial charge in [-0.15, -0.1) is 0 Å². The molecule has 0 spiro atoms. The highest BCUT2D eigenvalue weighted by molar-refractivity contribution is 5.94. The first-order valence-electron chi connectivity index (χ1n) is 3.27. The van der Waals surface area contributed by atoms with Crippen molar-refractivity contribution in [2.24, 2.45) is 0 Å². The quantitative estimate of drug-likeness (QED) is 0.578. The molecule has 0 aliphatic heterocycles. The molecule has 0 rings (SSSR count). The Bertz CT molecular complexity index is 208. The van der Waals surface area contributed by atoms with E-state index in [1.54, 1.807) is 6.92 Å². The molecule has 1 unspecified atom stereocenters. The van der Waals surface area contributed by atoms with E-state index in [1.807, 2.05) is 0 Å². The molecule has 68 valence electrons. The van der Waals surface area contributed by atoms with Gasteiger partial charge in [0.2, 0.25) is 0 Å². The minimum Gasteiger partial charge on any atom is -0.479 e. The Labute approximate surface area is 69.3 Å². The van der Waals surface area contributed by atoms with Crippen molar-refractivity contribution in [3.63, 3.8) is 0 Å². The fourth-order valence-corrected chi connectivity index (χ4v) is 0.600. The van der Waals surface area contributed by atoms with Gasteiger partial charge in [-0.3, -0.25) is 0 Å². The number of aliphatic carboxylic acids is 2. The van der Waals surface area contributed by atoms with Gasteiger partial charge in [-0.25, -0.2) is 9.59 Å². The van der Waals surface area contributed by atoms with Crippen LogP contribution in [0.1, 0.15) is 6.92 Å². The molecule has 0 heterocycles. The number of carboxylic acid groups (broad SMARTS) is 2. The molecule has 0 bridgehead atoms. The van der Waals surface area contributed by atoms with Crippen molar-refractivity contribution in [1.29, 1.82) is 0 Å². The number of ether oxygens (including phenoxy) is 1. The van der Waals surface area contributed by atoms with Crippen molar-refractivity contribution < 1.29 is 24.5 Å². The third-order valence-electron chi connectivity index (χ3n) is 1.15. The molecule has 0 aromatic carbocycles. The van der Waals surface area contributed by atoms with Crippen LogP contribution in [0.25, 0.3) is 0 Å². The highest BCUT2D eigenvalue weighted by Gasteiger charge is 2.25. The van der Waals surface area contributed by atoms with Gasteiger partial charge in [0.15, 0.2) is 6.10 Å². The van der Waals surface area contributed by atoms with E-state index in [9.17, 15) is 9.59 Å². The second kappa shape index (κ2) is 4.50. The average Bonchev–Trinajstić information content (AvgIpc) is 1.98. The first-order valence-corrected chi connectivity index (χ1v) is 3.27. The van der Waals surface area contributed by atoms with E-state index in [4.69, 9.17) is 10.2 Å². The van der Waals surface area contributed by atoms with Crippen LogP contribution >= 0.6 is 0 Å². The predicted molar refractivity (Wildman–Crippen MR) is 39.8 cm³/mol. The summed E-state index contributed by atoms with van der Waals surface area (Å²) in [7, 11) is 0. The summed E-state index contributed by atoms with van der Waals surface area (Å²) in [6, 6.07) is 0. The van der Waals surface area contributed by atoms with E-state index in [0.717, 1.165) is 0 Å². The zero-order chi connectivity index (χ0) is 9.72. The van der Waals surface area contributed by atoms with Crippen LogP contribution in [-0.4, -0.2) is 34.9 Å². The molecule has 5 heteroatoms. The van der Waals surface area contributed by atoms with Gasteiger partial charge in [-0.05, 0) is 6.92 Å². The summed E-state index contributed by atoms with van der Waals surface area (Å²) in [6.45, 7) is 4.79. The highest BCUT2D eigenvalue weighted by atomic mass is 16.5. The Kier molecular flexibility index (Phi) is 3.99. The molecule has 0 aromatic heterocycles. The van der Waals surface area contributed by atoms with Crippen LogP contribution in [0.4, 0.5) is 0 Å². The lowest BCUT2D eigenvalue weighted by molar-refractivity contribution is -0.150. The molecular formula is C7H10O5. The van der Waals surface area contributed by atoms with Crippen LogP contribution in [0.15, 0.2) is 12.2 Å². The molecule has 0 saturated carbocycles. The SMILES string of the molecule is C=C(C(=O)O)C(OCC)C(=O)O. The summed E-state index contributed by atoms with van der Waals surface area (Å²) < 4.78 is 4.65. The molecular weight excluding hydrogens is 164 g/mol. The van der Waals surface area contributed by atoms with Gasteiger partial charge in [0.25, 0.3) is 0 Å². The molecule has 0 amide bonds. The van der Waals surface area contributed by atoms with Crippen LogP contribution in [-0.2, 0) is 14.3 Å². The summed E-state index contributed by atoms with van der Waals surface area (Å²) in [5.74, 6) is -2.71. The molecule has 0 aliphatic carbocycles. The maximum absolute atomic E-state index is 10.4. The monoisotopic (exact) mass is 174 g/mol. The topological polar surface area (TPSA) is 83.8 Å². The van der Waals surface area contributed by atoms with Crippen LogP contribution in [0.2, 0.25) is 0 Å². The summed E-state index contributed by atoms with van der Waals surface area (Å²) in [4.78, 5) is 20.7. The van der Waals surface area contributed by atoms with E-state index >= 15 is 0 Å². The molecule has 5 nitrogen and oxygen atoms in total. The molecule has 1 atom stereocenters. The van der Waals surface area contributed by atoms with Crippen molar-refractivity contribution in [2.45, 2.75) is 13.0 Å². The van der Waals surface area contributed by atoms with E-state index in [1.165, 1.54) is 0 Å². The van der Waals surface area contributed by atoms with Gasteiger partial charge >= 0.3 is 11.9 Å². The van der Waals surface area contributed by atoms with Gasteiger partial charge < -0.3 is 14.9 Å². The van der Waals surface area contributed by atoms with Crippen LogP contribution < -0.4 is 0 Å². The Balaban J connectivity index is 4.40. The van der Waals surface area contributed by atoms with Crippen LogP contribution in [0.3, 0.4) is 0 Å². The Hall–Kier alpha value is -1.36. The number of carboxylic acids is 2. The minimum atomic E-state index is -1.45. The molecule has 2 N–H and O–H groups in total. The van der Waals surface area contributed by atoms with Crippen molar-refractivity contribution in [2.75, 3.05) is 6.61 Å². The molecule has 0 fully saturated rings. The maximum atomic E-state index is 10.4. The fraction of sp³-hybridized carbons (Fsp3) is 0.429. The number of hydrogen-bond donors (Lipinski definition) is 2. The van der Waals surface area contributed by atoms with E-state index in [2.05, 4.69) is 11.3 Å². The predicted octanol–water partition coefficient (Wildman–Crippen LogP) is 0.117. The molecule has 0 saturated heterocycles. The molecule has 0 aromatic rings. The van der Waals surface area contributed by atoms with Gasteiger partial charge in [0.05, 0.1) is 5.57 Å². The van der Waals surface area contributed by atoms with Gasteiger partial charge in [0.1, 0.15) is 0 Å². The third-order valence-corrected chi connectivity index (χ3v) is 1.15. The van der Waals surface area contributed by atoms with Gasteiger partial charge in [-0.1, -0.05) is 6.58 Å². The van der Waals surface area contributed by atoms with Crippen LogP contribution in [0, 0.1) is 0 Å². The second-order valence-corrected chi connectivity index (χ2v) is 2.00. The van der Waals surface area contributed by atoms with Crippen molar-refractivity contribution >= 4 is 11.9 Å². The Morgan fingerprint density at radius 1 is 1.50 bits per heavy atom. The lowest BCUT2D eigenvalue weighted by atomic mass is 10.2. The highest BCUT2D eigenvalue weighted by Crippen LogP contribution is 2.04. The number of carbonyl (C=O) groups is 2. The number of rotatable bonds is 5. The standard InChI is InChI=1S/C7H10O5/c1-3-12-5(7(10)11)4(2)6(8)9/h5H,2-3H2,1H3,(H,8,9)(H,10,11). The fourth-order valence-electron chi connectivity index (χ4n) is 0.600. The first kappa shape index (κ1) is 10.6. The Morgan fingerprint density at radius 2 is 2.00 bits per heavy atom. The average molecular weight is 174 g/mol. The van der Waals surface area contributed by atoms with E-state index in [0.29, 0.717) is 0 Å². The maximum Gasteiger partial charge on any atom is 0.337 e. The minimum absolute atomic E-state index is 0.128. The third kappa shape index (κ3) is 2.71. The zero-order valence-corrected chi connectivity index (χ0v) is 6.61. The van der Waals surface area contributed by atoms with Crippen molar-refractivity contribution in [3.05, 3.63) is 12.2 Å². The van der Waals surface area contributed by atoms with Crippen LogP contribution in [0.5, 0.6) is 0 Å². The Morgan fingerprint density at radius 3 is 2.25 bits per heavy atom. The molecule has 0 aliphatic rings. The van der Waals surface area contributed by atoms with Crippen molar-refractivity contribution in [3.8, 4) is 0 Å². The largest absolute Gasteiger partial charge is 0.479 e. The summed E-state index contributed by atoms with van der Waals surface area (Å²) in [5.41, 5.74) is -0.468. The normalized spacial score (nSPS) is 12.1. The summed E-state index contributed by atoms with van der Waals surface area (Å²) in [5, 5.41) is 16.9. The zero-order valence-electron chi connectivity index (χ0n) is 6.61. The molecule has 12 heavy (non-hydrogen) atoms. The summed E-state index contributed by atoms with van der Waals surface area (Å²) in [6.07, 6.45) is -1.45. The van der Waals surface area contributed by atoms with E-state index in [-0.39, 0.29) is 6.61 Å². The lowest BCUT2D eigenvalue weighted by Gasteiger charge is -2.11.